The maximum atomic E-state index is 13.1. The average Bonchev–Trinajstić information content (AvgIpc) is 2.30. The average molecular weight is 270 g/mol. The van der Waals surface area contributed by atoms with Crippen LogP contribution in [0.3, 0.4) is 0 Å². The smallest absolute Gasteiger partial charge is 0.329 e. The molecule has 0 atom stereocenters. The fraction of sp³-hybridized carbons (Fsp3) is 0.182. The zero-order chi connectivity index (χ0) is 14.4. The Morgan fingerprint density at radius 3 is 2.58 bits per heavy atom. The maximum absolute atomic E-state index is 13.1. The minimum Gasteiger partial charge on any atom is -0.480 e. The van der Waals surface area contributed by atoms with E-state index in [1.54, 1.807) is 0 Å². The molecule has 102 valence electrons. The van der Waals surface area contributed by atoms with Crippen LogP contribution in [-0.4, -0.2) is 36.1 Å². The second-order valence-electron chi connectivity index (χ2n) is 3.49. The van der Waals surface area contributed by atoms with Crippen LogP contribution in [0.25, 0.3) is 0 Å². The lowest BCUT2D eigenvalue weighted by atomic mass is 10.2. The zero-order valence-electron chi connectivity index (χ0n) is 9.68. The molecular weight excluding hydrogens is 259 g/mol. The summed E-state index contributed by atoms with van der Waals surface area (Å²) < 4.78 is 17.7. The van der Waals surface area contributed by atoms with E-state index in [9.17, 15) is 18.8 Å². The van der Waals surface area contributed by atoms with E-state index >= 15 is 0 Å². The highest BCUT2D eigenvalue weighted by Gasteiger charge is 2.10. The van der Waals surface area contributed by atoms with Gasteiger partial charge in [-0.2, -0.15) is 0 Å². The number of hydrogen-bond donors (Lipinski definition) is 3. The van der Waals surface area contributed by atoms with Gasteiger partial charge in [0.25, 0.3) is 5.91 Å². The first kappa shape index (κ1) is 14.6. The second kappa shape index (κ2) is 6.45. The maximum Gasteiger partial charge on any atom is 0.329 e. The van der Waals surface area contributed by atoms with Crippen LogP contribution < -0.4 is 11.1 Å². The first-order valence-corrected chi connectivity index (χ1v) is 5.09. The molecule has 7 nitrogen and oxygen atoms in total. The molecule has 0 fully saturated rings. The first-order chi connectivity index (χ1) is 8.90. The molecule has 19 heavy (non-hydrogen) atoms. The third kappa shape index (κ3) is 4.72. The second-order valence-corrected chi connectivity index (χ2v) is 3.49. The number of carbonyl (C=O) groups is 3. The summed E-state index contributed by atoms with van der Waals surface area (Å²) in [6.07, 6.45) is 0. The highest BCUT2D eigenvalue weighted by atomic mass is 19.1. The molecule has 0 aliphatic rings. The Balaban J connectivity index is 2.62. The SMILES string of the molecule is NC(=O)c1cc(NC(=O)COCC(=O)O)ccc1F. The summed E-state index contributed by atoms with van der Waals surface area (Å²) in [5.74, 6) is -3.60. The molecule has 1 rings (SSSR count). The zero-order valence-corrected chi connectivity index (χ0v) is 9.68. The van der Waals surface area contributed by atoms with Crippen molar-refractivity contribution in [2.24, 2.45) is 5.73 Å². The summed E-state index contributed by atoms with van der Waals surface area (Å²) in [6.45, 7) is -1.08. The molecule has 0 aliphatic carbocycles. The summed E-state index contributed by atoms with van der Waals surface area (Å²) >= 11 is 0. The lowest BCUT2D eigenvalue weighted by Gasteiger charge is -2.07. The van der Waals surface area contributed by atoms with Crippen molar-refractivity contribution in [2.75, 3.05) is 18.5 Å². The van der Waals surface area contributed by atoms with E-state index in [1.165, 1.54) is 6.07 Å². The number of aliphatic carboxylic acids is 1. The summed E-state index contributed by atoms with van der Waals surface area (Å²) in [4.78, 5) is 32.4. The van der Waals surface area contributed by atoms with Gasteiger partial charge in [0.2, 0.25) is 5.91 Å². The standard InChI is InChI=1S/C11H11FN2O5/c12-8-2-1-6(3-7(8)11(13)18)14-9(15)4-19-5-10(16)17/h1-3H,4-5H2,(H2,13,18)(H,14,15)(H,16,17). The van der Waals surface area contributed by atoms with Crippen LogP contribution in [0.15, 0.2) is 18.2 Å². The van der Waals surface area contributed by atoms with Gasteiger partial charge in [-0.3, -0.25) is 9.59 Å². The number of halogens is 1. The lowest BCUT2D eigenvalue weighted by Crippen LogP contribution is -2.21. The number of rotatable bonds is 6. The number of carbonyl (C=O) groups excluding carboxylic acids is 2. The van der Waals surface area contributed by atoms with Crippen LogP contribution in [0.5, 0.6) is 0 Å². The predicted octanol–water partition coefficient (Wildman–Crippen LogP) is -0.0357. The van der Waals surface area contributed by atoms with Gasteiger partial charge in [0, 0.05) is 5.69 Å². The molecule has 4 N–H and O–H groups in total. The minimum atomic E-state index is -1.20. The quantitative estimate of drug-likeness (QED) is 0.670. The van der Waals surface area contributed by atoms with Crippen molar-refractivity contribution >= 4 is 23.5 Å². The van der Waals surface area contributed by atoms with Gasteiger partial charge in [-0.1, -0.05) is 0 Å². The van der Waals surface area contributed by atoms with Crippen LogP contribution >= 0.6 is 0 Å². The molecule has 8 heteroatoms. The number of primary amides is 1. The van der Waals surface area contributed by atoms with Gasteiger partial charge in [-0.25, -0.2) is 9.18 Å². The van der Waals surface area contributed by atoms with Crippen molar-refractivity contribution in [3.8, 4) is 0 Å². The summed E-state index contributed by atoms with van der Waals surface area (Å²) in [5, 5.41) is 10.6. The van der Waals surface area contributed by atoms with Crippen LogP contribution in [0.2, 0.25) is 0 Å². The fourth-order valence-electron chi connectivity index (χ4n) is 1.22. The largest absolute Gasteiger partial charge is 0.480 e. The van der Waals surface area contributed by atoms with E-state index in [1.807, 2.05) is 0 Å². The molecule has 1 aromatic carbocycles. The third-order valence-corrected chi connectivity index (χ3v) is 1.97. The Bertz CT molecular complexity index is 518. The van der Waals surface area contributed by atoms with Crippen LogP contribution in [0.1, 0.15) is 10.4 Å². The fourth-order valence-corrected chi connectivity index (χ4v) is 1.22. The summed E-state index contributed by atoms with van der Waals surface area (Å²) in [7, 11) is 0. The number of ether oxygens (including phenoxy) is 1. The third-order valence-electron chi connectivity index (χ3n) is 1.97. The van der Waals surface area contributed by atoms with Crippen molar-refractivity contribution in [2.45, 2.75) is 0 Å². The Kier molecular flexibility index (Phi) is 4.95. The number of carboxylic acids is 1. The van der Waals surface area contributed by atoms with Gasteiger partial charge in [0.05, 0.1) is 5.56 Å². The molecule has 0 bridgehead atoms. The molecule has 2 amide bonds. The molecule has 0 saturated carbocycles. The molecule has 0 aromatic heterocycles. The van der Waals surface area contributed by atoms with Crippen molar-refractivity contribution in [3.05, 3.63) is 29.6 Å². The van der Waals surface area contributed by atoms with E-state index in [-0.39, 0.29) is 11.3 Å². The number of nitrogens with one attached hydrogen (secondary N) is 1. The van der Waals surface area contributed by atoms with Crippen molar-refractivity contribution in [1.29, 1.82) is 0 Å². The predicted molar refractivity (Wildman–Crippen MR) is 62.0 cm³/mol. The molecular formula is C11H11FN2O5. The number of carboxylic acid groups (broad SMARTS) is 1. The molecule has 1 aromatic rings. The normalized spacial score (nSPS) is 9.95. The van der Waals surface area contributed by atoms with Gasteiger partial charge in [-0.15, -0.1) is 0 Å². The molecule has 0 saturated heterocycles. The Morgan fingerprint density at radius 2 is 2.00 bits per heavy atom. The van der Waals surface area contributed by atoms with E-state index in [4.69, 9.17) is 10.8 Å². The van der Waals surface area contributed by atoms with E-state index in [0.29, 0.717) is 0 Å². The van der Waals surface area contributed by atoms with Gasteiger partial charge in [-0.05, 0) is 18.2 Å². The Labute approximate surface area is 107 Å². The first-order valence-electron chi connectivity index (χ1n) is 5.09. The van der Waals surface area contributed by atoms with Gasteiger partial charge in [0.15, 0.2) is 0 Å². The number of nitrogens with two attached hydrogens (primary N) is 1. The van der Waals surface area contributed by atoms with Crippen molar-refractivity contribution in [3.63, 3.8) is 0 Å². The highest BCUT2D eigenvalue weighted by molar-refractivity contribution is 5.96. The minimum absolute atomic E-state index is 0.152. The van der Waals surface area contributed by atoms with Gasteiger partial charge < -0.3 is 20.9 Å². The highest BCUT2D eigenvalue weighted by Crippen LogP contribution is 2.14. The van der Waals surface area contributed by atoms with Crippen LogP contribution in [0, 0.1) is 5.82 Å². The summed E-state index contributed by atoms with van der Waals surface area (Å²) in [6, 6.07) is 3.29. The molecule has 0 spiro atoms. The van der Waals surface area contributed by atoms with Crippen molar-refractivity contribution in [1.82, 2.24) is 0 Å². The number of hydrogen-bond acceptors (Lipinski definition) is 4. The summed E-state index contributed by atoms with van der Waals surface area (Å²) in [5.41, 5.74) is 4.74. The molecule has 0 radical (unpaired) electrons. The Morgan fingerprint density at radius 1 is 1.32 bits per heavy atom. The molecule has 0 aliphatic heterocycles. The van der Waals surface area contributed by atoms with Gasteiger partial charge in [0.1, 0.15) is 19.0 Å². The van der Waals surface area contributed by atoms with E-state index in [0.717, 1.165) is 12.1 Å². The van der Waals surface area contributed by atoms with Crippen LogP contribution in [-0.2, 0) is 14.3 Å². The number of amides is 2. The van der Waals surface area contributed by atoms with E-state index < -0.39 is 36.8 Å². The van der Waals surface area contributed by atoms with E-state index in [2.05, 4.69) is 10.1 Å². The Hall–Kier alpha value is -2.48. The number of benzene rings is 1. The topological polar surface area (TPSA) is 119 Å². The van der Waals surface area contributed by atoms with Crippen molar-refractivity contribution < 1.29 is 28.6 Å². The monoisotopic (exact) mass is 270 g/mol. The number of anilines is 1. The van der Waals surface area contributed by atoms with Crippen LogP contribution in [0.4, 0.5) is 10.1 Å². The molecule has 0 heterocycles. The lowest BCUT2D eigenvalue weighted by molar-refractivity contribution is -0.143. The molecule has 0 unspecified atom stereocenters. The van der Waals surface area contributed by atoms with Gasteiger partial charge >= 0.3 is 5.97 Å².